The predicted octanol–water partition coefficient (Wildman–Crippen LogP) is 5.30. The van der Waals surface area contributed by atoms with E-state index in [1.807, 2.05) is 30.6 Å². The molecular weight excluding hydrogens is 495 g/mol. The molecule has 0 saturated carbocycles. The molecule has 2 saturated heterocycles. The normalized spacial score (nSPS) is 21.1. The summed E-state index contributed by atoms with van der Waals surface area (Å²) in [4.78, 5) is 31.8. The Bertz CT molecular complexity index is 1100. The van der Waals surface area contributed by atoms with Crippen LogP contribution in [0.15, 0.2) is 48.5 Å². The Hall–Kier alpha value is -3.13. The Balaban J connectivity index is 1.22. The molecular formula is C31H43FN4O3. The molecule has 212 valence electrons. The summed E-state index contributed by atoms with van der Waals surface area (Å²) in [6, 6.07) is 15.2. The third-order valence-electron chi connectivity index (χ3n) is 7.45. The van der Waals surface area contributed by atoms with Crippen molar-refractivity contribution in [3.63, 3.8) is 0 Å². The van der Waals surface area contributed by atoms with E-state index >= 15 is 0 Å². The number of piperazine rings is 1. The van der Waals surface area contributed by atoms with E-state index in [2.05, 4.69) is 48.3 Å². The summed E-state index contributed by atoms with van der Waals surface area (Å²) >= 11 is 0. The first kappa shape index (κ1) is 28.9. The van der Waals surface area contributed by atoms with Crippen molar-refractivity contribution in [1.82, 2.24) is 14.7 Å². The van der Waals surface area contributed by atoms with E-state index in [1.54, 1.807) is 12.1 Å². The monoisotopic (exact) mass is 538 g/mol. The minimum atomic E-state index is -0.504. The van der Waals surface area contributed by atoms with E-state index in [4.69, 9.17) is 4.74 Å². The first-order valence-electron chi connectivity index (χ1n) is 14.1. The van der Waals surface area contributed by atoms with Crippen molar-refractivity contribution in [3.05, 3.63) is 65.5 Å². The lowest BCUT2D eigenvalue weighted by molar-refractivity contribution is -0.131. The van der Waals surface area contributed by atoms with Gasteiger partial charge in [-0.2, -0.15) is 0 Å². The maximum Gasteiger partial charge on any atom is 0.410 e. The van der Waals surface area contributed by atoms with Gasteiger partial charge >= 0.3 is 6.09 Å². The van der Waals surface area contributed by atoms with Crippen LogP contribution in [0.2, 0.25) is 0 Å². The van der Waals surface area contributed by atoms with Gasteiger partial charge in [-0.15, -0.1) is 0 Å². The van der Waals surface area contributed by atoms with Gasteiger partial charge in [-0.3, -0.25) is 9.69 Å². The number of amides is 2. The van der Waals surface area contributed by atoms with Crippen LogP contribution in [0.5, 0.6) is 0 Å². The number of nitrogens with one attached hydrogen (secondary N) is 1. The van der Waals surface area contributed by atoms with Crippen LogP contribution in [0.4, 0.5) is 14.9 Å². The molecule has 2 aromatic rings. The van der Waals surface area contributed by atoms with E-state index in [0.29, 0.717) is 6.42 Å². The number of benzene rings is 2. The summed E-state index contributed by atoms with van der Waals surface area (Å²) in [7, 11) is 0. The van der Waals surface area contributed by atoms with Gasteiger partial charge in [0, 0.05) is 56.5 Å². The number of anilines is 1. The topological polar surface area (TPSA) is 65.1 Å². The van der Waals surface area contributed by atoms with Crippen molar-refractivity contribution in [2.24, 2.45) is 0 Å². The minimum absolute atomic E-state index is 0.0653. The maximum absolute atomic E-state index is 13.1. The van der Waals surface area contributed by atoms with Crippen molar-refractivity contribution in [3.8, 4) is 0 Å². The largest absolute Gasteiger partial charge is 0.444 e. The van der Waals surface area contributed by atoms with Crippen LogP contribution in [0.3, 0.4) is 0 Å². The van der Waals surface area contributed by atoms with E-state index in [9.17, 15) is 14.0 Å². The lowest BCUT2D eigenvalue weighted by Crippen LogP contribution is -2.59. The molecule has 0 bridgehead atoms. The van der Waals surface area contributed by atoms with Crippen LogP contribution in [0, 0.1) is 5.82 Å². The number of carbonyl (C=O) groups excluding carboxylic acids is 2. The third kappa shape index (κ3) is 8.18. The first-order chi connectivity index (χ1) is 18.5. The summed E-state index contributed by atoms with van der Waals surface area (Å²) in [5.74, 6) is -0.0831. The molecule has 1 N–H and O–H groups in total. The number of hydrogen-bond donors (Lipinski definition) is 1. The zero-order valence-electron chi connectivity index (χ0n) is 24.0. The maximum atomic E-state index is 13.1. The van der Waals surface area contributed by atoms with Crippen molar-refractivity contribution in [2.75, 3.05) is 31.5 Å². The second kappa shape index (κ2) is 12.4. The molecule has 2 aromatic carbocycles. The summed E-state index contributed by atoms with van der Waals surface area (Å²) in [5, 5.41) is 3.44. The van der Waals surface area contributed by atoms with Gasteiger partial charge < -0.3 is 19.9 Å². The fourth-order valence-electron chi connectivity index (χ4n) is 5.60. The van der Waals surface area contributed by atoms with Crippen LogP contribution in [-0.2, 0) is 22.5 Å². The quantitative estimate of drug-likeness (QED) is 0.541. The SMILES string of the molecule is C[C@@H]1CN(Cc2ccc(CC(=O)N3CCC(Nc4ccc(F)cc4)CC3)cc2)C[C@H](C)N1C(=O)OC(C)(C)C. The van der Waals surface area contributed by atoms with Gasteiger partial charge in [0.2, 0.25) is 5.91 Å². The van der Waals surface area contributed by atoms with Gasteiger partial charge in [0.15, 0.2) is 0 Å². The molecule has 8 heteroatoms. The molecule has 0 unspecified atom stereocenters. The number of ether oxygens (including phenoxy) is 1. The fraction of sp³-hybridized carbons (Fsp3) is 0.548. The van der Waals surface area contributed by atoms with Gasteiger partial charge in [0.05, 0.1) is 6.42 Å². The summed E-state index contributed by atoms with van der Waals surface area (Å²) in [5.41, 5.74) is 2.63. The number of nitrogens with zero attached hydrogens (tertiary/aromatic N) is 3. The highest BCUT2D eigenvalue weighted by molar-refractivity contribution is 5.79. The van der Waals surface area contributed by atoms with Crippen LogP contribution in [0.1, 0.15) is 58.6 Å². The highest BCUT2D eigenvalue weighted by Crippen LogP contribution is 2.22. The van der Waals surface area contributed by atoms with E-state index < -0.39 is 5.60 Å². The molecule has 4 rings (SSSR count). The molecule has 2 fully saturated rings. The second-order valence-corrected chi connectivity index (χ2v) is 12.1. The van der Waals surface area contributed by atoms with E-state index in [0.717, 1.165) is 56.8 Å². The van der Waals surface area contributed by atoms with Gasteiger partial charge in [-0.05, 0) is 82.9 Å². The number of halogens is 1. The first-order valence-corrected chi connectivity index (χ1v) is 14.1. The van der Waals surface area contributed by atoms with Crippen molar-refractivity contribution >= 4 is 17.7 Å². The molecule has 0 radical (unpaired) electrons. The Morgan fingerprint density at radius 3 is 2.05 bits per heavy atom. The molecule has 2 aliphatic rings. The van der Waals surface area contributed by atoms with Crippen LogP contribution in [-0.4, -0.2) is 76.6 Å². The van der Waals surface area contributed by atoms with Gasteiger partial charge in [0.1, 0.15) is 11.4 Å². The highest BCUT2D eigenvalue weighted by atomic mass is 19.1. The van der Waals surface area contributed by atoms with Gasteiger partial charge in [0.25, 0.3) is 0 Å². The van der Waals surface area contributed by atoms with Crippen LogP contribution >= 0.6 is 0 Å². The van der Waals surface area contributed by atoms with Crippen LogP contribution in [0.25, 0.3) is 0 Å². The van der Waals surface area contributed by atoms with Crippen molar-refractivity contribution in [1.29, 1.82) is 0 Å². The zero-order valence-corrected chi connectivity index (χ0v) is 24.0. The predicted molar refractivity (Wildman–Crippen MR) is 152 cm³/mol. The van der Waals surface area contributed by atoms with E-state index in [-0.39, 0.29) is 35.9 Å². The number of hydrogen-bond acceptors (Lipinski definition) is 5. The molecule has 7 nitrogen and oxygen atoms in total. The Morgan fingerprint density at radius 2 is 1.49 bits per heavy atom. The number of piperidine rings is 1. The van der Waals surface area contributed by atoms with Gasteiger partial charge in [-0.1, -0.05) is 24.3 Å². The molecule has 0 aromatic heterocycles. The fourth-order valence-corrected chi connectivity index (χ4v) is 5.60. The Morgan fingerprint density at radius 1 is 0.923 bits per heavy atom. The molecule has 2 amide bonds. The van der Waals surface area contributed by atoms with Crippen LogP contribution < -0.4 is 5.32 Å². The van der Waals surface area contributed by atoms with Crippen molar-refractivity contribution in [2.45, 2.75) is 84.2 Å². The average molecular weight is 539 g/mol. The molecule has 2 aliphatic heterocycles. The van der Waals surface area contributed by atoms with E-state index in [1.165, 1.54) is 17.7 Å². The summed E-state index contributed by atoms with van der Waals surface area (Å²) in [6.07, 6.45) is 1.91. The third-order valence-corrected chi connectivity index (χ3v) is 7.45. The number of rotatable bonds is 6. The molecule has 2 atom stereocenters. The standard InChI is InChI=1S/C31H43FN4O3/c1-22-19-34(20-23(2)36(22)30(38)39-31(3,4)5)21-25-8-6-24(7-9-25)18-29(37)35-16-14-28(15-17-35)33-27-12-10-26(32)11-13-27/h6-13,22-23,28,33H,14-21H2,1-5H3/t22-,23+. The number of likely N-dealkylation sites (tertiary alicyclic amines) is 1. The zero-order chi connectivity index (χ0) is 28.2. The minimum Gasteiger partial charge on any atom is -0.444 e. The second-order valence-electron chi connectivity index (χ2n) is 12.1. The average Bonchev–Trinajstić information content (AvgIpc) is 2.85. The lowest BCUT2D eigenvalue weighted by atomic mass is 10.0. The Labute approximate surface area is 232 Å². The van der Waals surface area contributed by atoms with Crippen molar-refractivity contribution < 1.29 is 18.7 Å². The molecule has 39 heavy (non-hydrogen) atoms. The summed E-state index contributed by atoms with van der Waals surface area (Å²) in [6.45, 7) is 13.7. The number of carbonyl (C=O) groups is 2. The lowest BCUT2D eigenvalue weighted by Gasteiger charge is -2.44. The van der Waals surface area contributed by atoms with Gasteiger partial charge in [-0.25, -0.2) is 9.18 Å². The molecule has 0 spiro atoms. The molecule has 0 aliphatic carbocycles. The Kier molecular flexibility index (Phi) is 9.15. The molecule has 2 heterocycles. The highest BCUT2D eigenvalue weighted by Gasteiger charge is 2.35. The smallest absolute Gasteiger partial charge is 0.410 e. The summed E-state index contributed by atoms with van der Waals surface area (Å²) < 4.78 is 18.7.